The van der Waals surface area contributed by atoms with Gasteiger partial charge in [0.25, 0.3) is 0 Å². The number of aromatic nitrogens is 3. The summed E-state index contributed by atoms with van der Waals surface area (Å²) in [4.78, 5) is 4.60. The summed E-state index contributed by atoms with van der Waals surface area (Å²) in [6.45, 7) is 8.71. The van der Waals surface area contributed by atoms with Crippen LogP contribution >= 0.6 is 0 Å². The number of nitrogens with zero attached hydrogens (tertiary/aromatic N) is 2. The zero-order valence-corrected chi connectivity index (χ0v) is 10.4. The molecule has 0 aromatic carbocycles. The third kappa shape index (κ3) is 2.08. The first-order valence-electron chi connectivity index (χ1n) is 5.91. The minimum Gasteiger partial charge on any atom is -0.261 e. The summed E-state index contributed by atoms with van der Waals surface area (Å²) in [7, 11) is 0. The van der Waals surface area contributed by atoms with Crippen molar-refractivity contribution in [3.8, 4) is 0 Å². The zero-order chi connectivity index (χ0) is 11.7. The Hall–Kier alpha value is -1.38. The SMILES string of the molecule is CC(C)Cc1ccc2c(C(C)C)n[nH]c2n1. The third-order valence-electron chi connectivity index (χ3n) is 2.68. The van der Waals surface area contributed by atoms with E-state index in [0.717, 1.165) is 28.8 Å². The molecule has 0 fully saturated rings. The Morgan fingerprint density at radius 2 is 1.94 bits per heavy atom. The van der Waals surface area contributed by atoms with E-state index in [0.29, 0.717) is 11.8 Å². The lowest BCUT2D eigenvalue weighted by molar-refractivity contribution is 0.636. The Morgan fingerprint density at radius 3 is 2.56 bits per heavy atom. The van der Waals surface area contributed by atoms with E-state index in [1.54, 1.807) is 0 Å². The molecule has 0 aliphatic carbocycles. The lowest BCUT2D eigenvalue weighted by Crippen LogP contribution is -1.97. The second-order valence-electron chi connectivity index (χ2n) is 5.06. The number of hydrogen-bond donors (Lipinski definition) is 1. The first kappa shape index (κ1) is 11.1. The summed E-state index contributed by atoms with van der Waals surface area (Å²) in [6.07, 6.45) is 1.02. The summed E-state index contributed by atoms with van der Waals surface area (Å²) in [5.41, 5.74) is 3.17. The fourth-order valence-electron chi connectivity index (χ4n) is 1.94. The minimum absolute atomic E-state index is 0.437. The largest absolute Gasteiger partial charge is 0.261 e. The molecule has 86 valence electrons. The first-order chi connectivity index (χ1) is 7.58. The predicted octanol–water partition coefficient (Wildman–Crippen LogP) is 3.28. The molecule has 3 heteroatoms. The summed E-state index contributed by atoms with van der Waals surface area (Å²) < 4.78 is 0. The Balaban J connectivity index is 2.41. The van der Waals surface area contributed by atoms with Gasteiger partial charge in [0.1, 0.15) is 0 Å². The van der Waals surface area contributed by atoms with Crippen LogP contribution in [0.15, 0.2) is 12.1 Å². The van der Waals surface area contributed by atoms with E-state index in [-0.39, 0.29) is 0 Å². The number of hydrogen-bond acceptors (Lipinski definition) is 2. The van der Waals surface area contributed by atoms with Gasteiger partial charge in [-0.05, 0) is 30.4 Å². The molecule has 0 amide bonds. The molecule has 0 spiro atoms. The van der Waals surface area contributed by atoms with Gasteiger partial charge in [-0.15, -0.1) is 0 Å². The quantitative estimate of drug-likeness (QED) is 0.857. The van der Waals surface area contributed by atoms with Crippen LogP contribution in [0.25, 0.3) is 11.0 Å². The van der Waals surface area contributed by atoms with Crippen LogP contribution in [0, 0.1) is 5.92 Å². The highest BCUT2D eigenvalue weighted by Crippen LogP contribution is 2.22. The van der Waals surface area contributed by atoms with Crippen LogP contribution in [0.3, 0.4) is 0 Å². The van der Waals surface area contributed by atoms with Crippen molar-refractivity contribution < 1.29 is 0 Å². The molecule has 2 aromatic heterocycles. The number of pyridine rings is 1. The molecule has 2 heterocycles. The second-order valence-corrected chi connectivity index (χ2v) is 5.06. The van der Waals surface area contributed by atoms with Gasteiger partial charge in [0, 0.05) is 11.1 Å². The van der Waals surface area contributed by atoms with E-state index in [4.69, 9.17) is 0 Å². The smallest absolute Gasteiger partial charge is 0.155 e. The Bertz CT molecular complexity index is 483. The maximum Gasteiger partial charge on any atom is 0.155 e. The molecule has 0 bridgehead atoms. The van der Waals surface area contributed by atoms with Crippen LogP contribution in [0.1, 0.15) is 45.0 Å². The normalized spacial score (nSPS) is 11.9. The van der Waals surface area contributed by atoms with Gasteiger partial charge in [-0.25, -0.2) is 4.98 Å². The van der Waals surface area contributed by atoms with Gasteiger partial charge < -0.3 is 0 Å². The van der Waals surface area contributed by atoms with Gasteiger partial charge >= 0.3 is 0 Å². The van der Waals surface area contributed by atoms with Gasteiger partial charge in [-0.3, -0.25) is 5.10 Å². The van der Waals surface area contributed by atoms with E-state index in [2.05, 4.69) is 55.0 Å². The van der Waals surface area contributed by atoms with Crippen LogP contribution in [0.2, 0.25) is 0 Å². The number of aromatic amines is 1. The van der Waals surface area contributed by atoms with Crippen LogP contribution < -0.4 is 0 Å². The molecule has 0 saturated carbocycles. The molecule has 0 radical (unpaired) electrons. The maximum atomic E-state index is 4.60. The number of nitrogens with one attached hydrogen (secondary N) is 1. The average Bonchev–Trinajstić information content (AvgIpc) is 2.59. The van der Waals surface area contributed by atoms with Gasteiger partial charge in [0.05, 0.1) is 5.69 Å². The molecule has 1 N–H and O–H groups in total. The molecule has 0 atom stereocenters. The molecule has 0 saturated heterocycles. The Morgan fingerprint density at radius 1 is 1.19 bits per heavy atom. The second kappa shape index (κ2) is 4.24. The molecule has 0 aliphatic rings. The van der Waals surface area contributed by atoms with Gasteiger partial charge in [-0.2, -0.15) is 5.10 Å². The minimum atomic E-state index is 0.437. The Labute approximate surface area is 96.3 Å². The Kier molecular flexibility index (Phi) is 2.95. The average molecular weight is 217 g/mol. The molecule has 2 aromatic rings. The van der Waals surface area contributed by atoms with Crippen molar-refractivity contribution >= 4 is 11.0 Å². The molecule has 16 heavy (non-hydrogen) atoms. The highest BCUT2D eigenvalue weighted by molar-refractivity contribution is 5.78. The van der Waals surface area contributed by atoms with E-state index in [1.165, 1.54) is 0 Å². The van der Waals surface area contributed by atoms with E-state index in [9.17, 15) is 0 Å². The summed E-state index contributed by atoms with van der Waals surface area (Å²) in [5.74, 6) is 1.07. The van der Waals surface area contributed by atoms with E-state index < -0.39 is 0 Å². The molecular formula is C13H19N3. The van der Waals surface area contributed by atoms with E-state index in [1.807, 2.05) is 0 Å². The van der Waals surface area contributed by atoms with Crippen LogP contribution in [-0.2, 0) is 6.42 Å². The third-order valence-corrected chi connectivity index (χ3v) is 2.68. The highest BCUT2D eigenvalue weighted by Gasteiger charge is 2.10. The van der Waals surface area contributed by atoms with Gasteiger partial charge in [0.15, 0.2) is 5.65 Å². The van der Waals surface area contributed by atoms with Crippen molar-refractivity contribution in [2.75, 3.05) is 0 Å². The zero-order valence-electron chi connectivity index (χ0n) is 10.4. The fraction of sp³-hybridized carbons (Fsp3) is 0.538. The molecule has 0 unspecified atom stereocenters. The maximum absolute atomic E-state index is 4.60. The van der Waals surface area contributed by atoms with Crippen LogP contribution in [0.4, 0.5) is 0 Å². The number of rotatable bonds is 3. The fourth-order valence-corrected chi connectivity index (χ4v) is 1.94. The predicted molar refractivity (Wildman–Crippen MR) is 66.5 cm³/mol. The topological polar surface area (TPSA) is 41.6 Å². The monoisotopic (exact) mass is 217 g/mol. The summed E-state index contributed by atoms with van der Waals surface area (Å²) in [5, 5.41) is 8.50. The van der Waals surface area contributed by atoms with Crippen molar-refractivity contribution in [2.24, 2.45) is 5.92 Å². The molecule has 0 aliphatic heterocycles. The highest BCUT2D eigenvalue weighted by atomic mass is 15.1. The van der Waals surface area contributed by atoms with E-state index >= 15 is 0 Å². The van der Waals surface area contributed by atoms with Crippen LogP contribution in [0.5, 0.6) is 0 Å². The van der Waals surface area contributed by atoms with Crippen LogP contribution in [-0.4, -0.2) is 15.2 Å². The molecular weight excluding hydrogens is 198 g/mol. The lowest BCUT2D eigenvalue weighted by Gasteiger charge is -2.04. The van der Waals surface area contributed by atoms with Gasteiger partial charge in [-0.1, -0.05) is 27.7 Å². The van der Waals surface area contributed by atoms with Crippen molar-refractivity contribution in [3.63, 3.8) is 0 Å². The number of H-pyrrole nitrogens is 1. The van der Waals surface area contributed by atoms with Crippen molar-refractivity contribution in [1.82, 2.24) is 15.2 Å². The van der Waals surface area contributed by atoms with Crippen molar-refractivity contribution in [3.05, 3.63) is 23.5 Å². The summed E-state index contributed by atoms with van der Waals surface area (Å²) in [6, 6.07) is 4.25. The molecule has 3 nitrogen and oxygen atoms in total. The van der Waals surface area contributed by atoms with Gasteiger partial charge in [0.2, 0.25) is 0 Å². The number of fused-ring (bicyclic) bond motifs is 1. The first-order valence-corrected chi connectivity index (χ1v) is 5.91. The summed E-state index contributed by atoms with van der Waals surface area (Å²) >= 11 is 0. The lowest BCUT2D eigenvalue weighted by atomic mass is 10.1. The van der Waals surface area contributed by atoms with Crippen molar-refractivity contribution in [2.45, 2.75) is 40.0 Å². The standard InChI is InChI=1S/C13H19N3/c1-8(2)7-10-5-6-11-12(9(3)4)15-16-13(11)14-10/h5-6,8-9H,7H2,1-4H3,(H,14,15,16). The van der Waals surface area contributed by atoms with Crippen molar-refractivity contribution in [1.29, 1.82) is 0 Å². The molecule has 2 rings (SSSR count).